The van der Waals surface area contributed by atoms with Crippen molar-refractivity contribution in [2.75, 3.05) is 24.4 Å². The number of fused-ring (bicyclic) bond motifs is 2. The van der Waals surface area contributed by atoms with Crippen molar-refractivity contribution in [3.05, 3.63) is 77.7 Å². The number of anilines is 1. The molecule has 3 unspecified atom stereocenters. The standard InChI is InChI=1S/C28H34N4O3S/c1-3-28(22-9-6-10-23(13-22)30-36(34,35)26-17-31(2)19-29-26)24-15-32(16-25(24)28)18-27(33)12-11-20-7-4-5-8-21(20)14-27/h4-10,13,17,19,24-25,30,33H,3,11-12,14-16,18H2,1-2H3. The van der Waals surface area contributed by atoms with Gasteiger partial charge in [-0.15, -0.1) is 0 Å². The zero-order valence-electron chi connectivity index (χ0n) is 20.9. The second kappa shape index (κ2) is 8.43. The lowest BCUT2D eigenvalue weighted by Gasteiger charge is -2.38. The molecule has 190 valence electrons. The van der Waals surface area contributed by atoms with Gasteiger partial charge in [-0.2, -0.15) is 8.42 Å². The van der Waals surface area contributed by atoms with Crippen molar-refractivity contribution in [2.24, 2.45) is 18.9 Å². The minimum Gasteiger partial charge on any atom is -0.388 e. The zero-order chi connectivity index (χ0) is 25.1. The van der Waals surface area contributed by atoms with Crippen molar-refractivity contribution in [1.82, 2.24) is 14.5 Å². The first-order valence-electron chi connectivity index (χ1n) is 12.9. The van der Waals surface area contributed by atoms with Crippen LogP contribution in [0.4, 0.5) is 5.69 Å². The third-order valence-electron chi connectivity index (χ3n) is 8.82. The number of rotatable bonds is 7. The highest BCUT2D eigenvalue weighted by molar-refractivity contribution is 7.92. The molecule has 1 aromatic heterocycles. The Balaban J connectivity index is 1.14. The maximum atomic E-state index is 12.8. The highest BCUT2D eigenvalue weighted by Gasteiger charge is 2.67. The van der Waals surface area contributed by atoms with Gasteiger partial charge in [0, 0.05) is 50.4 Å². The molecule has 1 saturated heterocycles. The van der Waals surface area contributed by atoms with Crippen LogP contribution in [-0.4, -0.2) is 53.2 Å². The third kappa shape index (κ3) is 3.96. The first-order chi connectivity index (χ1) is 17.2. The molecule has 1 saturated carbocycles. The van der Waals surface area contributed by atoms with Gasteiger partial charge in [0.25, 0.3) is 10.0 Å². The third-order valence-corrected chi connectivity index (χ3v) is 10.1. The summed E-state index contributed by atoms with van der Waals surface area (Å²) in [6.07, 6.45) is 6.48. The number of piperidine rings is 1. The molecule has 0 radical (unpaired) electrons. The number of sulfonamides is 1. The minimum atomic E-state index is -3.73. The van der Waals surface area contributed by atoms with E-state index in [1.807, 2.05) is 12.1 Å². The van der Waals surface area contributed by atoms with Crippen molar-refractivity contribution >= 4 is 15.7 Å². The number of nitrogens with one attached hydrogen (secondary N) is 1. The molecule has 3 atom stereocenters. The van der Waals surface area contributed by atoms with E-state index >= 15 is 0 Å². The van der Waals surface area contributed by atoms with Crippen LogP contribution >= 0.6 is 0 Å². The molecular weight excluding hydrogens is 472 g/mol. The van der Waals surface area contributed by atoms with Crippen molar-refractivity contribution in [3.63, 3.8) is 0 Å². The molecule has 0 bridgehead atoms. The Bertz CT molecular complexity index is 1390. The molecule has 3 aliphatic rings. The molecule has 2 aliphatic carbocycles. The van der Waals surface area contributed by atoms with E-state index in [0.29, 0.717) is 17.5 Å². The molecular formula is C28H34N4O3S. The van der Waals surface area contributed by atoms with E-state index in [2.05, 4.69) is 51.9 Å². The molecule has 2 N–H and O–H groups in total. The van der Waals surface area contributed by atoms with Gasteiger partial charge in [0.05, 0.1) is 11.9 Å². The molecule has 6 rings (SSSR count). The number of likely N-dealkylation sites (tertiary alicyclic amines) is 1. The molecule has 0 spiro atoms. The van der Waals surface area contributed by atoms with Crippen LogP contribution in [0.25, 0.3) is 0 Å². The second-order valence-corrected chi connectivity index (χ2v) is 12.7. The number of hydrogen-bond donors (Lipinski definition) is 2. The van der Waals surface area contributed by atoms with E-state index in [0.717, 1.165) is 45.3 Å². The molecule has 1 aliphatic heterocycles. The summed E-state index contributed by atoms with van der Waals surface area (Å²) < 4.78 is 29.9. The fourth-order valence-electron chi connectivity index (χ4n) is 7.04. The lowest BCUT2D eigenvalue weighted by molar-refractivity contribution is -0.00666. The lowest BCUT2D eigenvalue weighted by Crippen LogP contribution is -2.47. The van der Waals surface area contributed by atoms with Gasteiger partial charge in [-0.05, 0) is 59.9 Å². The summed E-state index contributed by atoms with van der Waals surface area (Å²) >= 11 is 0. The van der Waals surface area contributed by atoms with Crippen LogP contribution in [0.2, 0.25) is 0 Å². The van der Waals surface area contributed by atoms with Gasteiger partial charge >= 0.3 is 0 Å². The number of aliphatic hydroxyl groups is 1. The summed E-state index contributed by atoms with van der Waals surface area (Å²) in [4.78, 5) is 6.44. The number of benzene rings is 2. The molecule has 7 nitrogen and oxygen atoms in total. The summed E-state index contributed by atoms with van der Waals surface area (Å²) in [6.45, 7) is 4.91. The van der Waals surface area contributed by atoms with Crippen LogP contribution in [0, 0.1) is 11.8 Å². The Kier molecular flexibility index (Phi) is 5.55. The monoisotopic (exact) mass is 506 g/mol. The first-order valence-corrected chi connectivity index (χ1v) is 14.3. The largest absolute Gasteiger partial charge is 0.388 e. The highest BCUT2D eigenvalue weighted by Crippen LogP contribution is 2.65. The van der Waals surface area contributed by atoms with Crippen LogP contribution in [0.15, 0.2) is 66.1 Å². The average molecular weight is 507 g/mol. The van der Waals surface area contributed by atoms with E-state index in [-0.39, 0.29) is 10.4 Å². The topological polar surface area (TPSA) is 87.5 Å². The summed E-state index contributed by atoms with van der Waals surface area (Å²) in [5.41, 5.74) is 3.83. The SMILES string of the molecule is CCC1(c2cccc(NS(=O)(=O)c3cn(C)cn3)c2)C2CN(CC3(O)CCc4ccccc4C3)CC21. The molecule has 36 heavy (non-hydrogen) atoms. The smallest absolute Gasteiger partial charge is 0.280 e. The van der Waals surface area contributed by atoms with Crippen molar-refractivity contribution in [3.8, 4) is 0 Å². The van der Waals surface area contributed by atoms with Gasteiger partial charge in [0.1, 0.15) is 0 Å². The summed E-state index contributed by atoms with van der Waals surface area (Å²) in [6, 6.07) is 16.4. The molecule has 2 heterocycles. The normalized spacial score (nSPS) is 29.5. The molecule has 0 amide bonds. The Morgan fingerprint density at radius 3 is 2.56 bits per heavy atom. The van der Waals surface area contributed by atoms with Gasteiger partial charge in [-0.3, -0.25) is 9.62 Å². The predicted octanol–water partition coefficient (Wildman–Crippen LogP) is 3.35. The van der Waals surface area contributed by atoms with Gasteiger partial charge in [0.15, 0.2) is 5.03 Å². The Morgan fingerprint density at radius 2 is 1.86 bits per heavy atom. The van der Waals surface area contributed by atoms with Crippen LogP contribution in [0.1, 0.15) is 36.5 Å². The number of nitrogens with zero attached hydrogens (tertiary/aromatic N) is 3. The first kappa shape index (κ1) is 23.7. The number of imidazole rings is 1. The van der Waals surface area contributed by atoms with E-state index in [9.17, 15) is 13.5 Å². The maximum Gasteiger partial charge on any atom is 0.280 e. The van der Waals surface area contributed by atoms with E-state index < -0.39 is 15.6 Å². The highest BCUT2D eigenvalue weighted by atomic mass is 32.2. The number of hydrogen-bond acceptors (Lipinski definition) is 5. The number of aromatic nitrogens is 2. The number of β-amino-alcohol motifs (C(OH)–C–C–N with tert-alkyl or cyclic N) is 1. The average Bonchev–Trinajstić information content (AvgIpc) is 3.15. The quantitative estimate of drug-likeness (QED) is 0.513. The molecule has 2 fully saturated rings. The van der Waals surface area contributed by atoms with Gasteiger partial charge in [-0.1, -0.05) is 43.3 Å². The van der Waals surface area contributed by atoms with Crippen molar-refractivity contribution < 1.29 is 13.5 Å². The van der Waals surface area contributed by atoms with Crippen LogP contribution < -0.4 is 4.72 Å². The summed E-state index contributed by atoms with van der Waals surface area (Å²) in [5, 5.41) is 11.4. The molecule has 2 aromatic carbocycles. The fourth-order valence-corrected chi connectivity index (χ4v) is 8.08. The van der Waals surface area contributed by atoms with Crippen LogP contribution in [-0.2, 0) is 35.3 Å². The molecule has 3 aromatic rings. The van der Waals surface area contributed by atoms with Crippen LogP contribution in [0.3, 0.4) is 0 Å². The fraction of sp³-hybridized carbons (Fsp3) is 0.464. The Morgan fingerprint density at radius 1 is 1.11 bits per heavy atom. The van der Waals surface area contributed by atoms with Gasteiger partial charge in [-0.25, -0.2) is 4.98 Å². The predicted molar refractivity (Wildman–Crippen MR) is 139 cm³/mol. The summed E-state index contributed by atoms with van der Waals surface area (Å²) in [5.74, 6) is 1.06. The van der Waals surface area contributed by atoms with Gasteiger partial charge < -0.3 is 9.67 Å². The maximum absolute atomic E-state index is 12.8. The molecule has 8 heteroatoms. The van der Waals surface area contributed by atoms with Crippen molar-refractivity contribution in [2.45, 2.75) is 48.6 Å². The minimum absolute atomic E-state index is 0.0165. The number of aryl methyl sites for hydroxylation is 2. The van der Waals surface area contributed by atoms with Crippen molar-refractivity contribution in [1.29, 1.82) is 0 Å². The van der Waals surface area contributed by atoms with Crippen LogP contribution in [0.5, 0.6) is 0 Å². The Labute approximate surface area is 213 Å². The lowest BCUT2D eigenvalue weighted by atomic mass is 9.80. The Hall–Kier alpha value is -2.68. The zero-order valence-corrected chi connectivity index (χ0v) is 21.7. The van der Waals surface area contributed by atoms with E-state index in [4.69, 9.17) is 0 Å². The van der Waals surface area contributed by atoms with Gasteiger partial charge in [0.2, 0.25) is 0 Å². The summed E-state index contributed by atoms with van der Waals surface area (Å²) in [7, 11) is -1.98. The van der Waals surface area contributed by atoms with E-state index in [1.165, 1.54) is 29.2 Å². The second-order valence-electron chi connectivity index (χ2n) is 11.0. The van der Waals surface area contributed by atoms with E-state index in [1.54, 1.807) is 17.7 Å².